The molecule has 4 rings (SSSR count). The Balaban J connectivity index is 2.11. The Kier molecular flexibility index (Phi) is 3.10. The van der Waals surface area contributed by atoms with Crippen LogP contribution in [0.5, 0.6) is 5.75 Å². The maximum atomic E-state index is 6.49. The van der Waals surface area contributed by atoms with Gasteiger partial charge in [0, 0.05) is 15.5 Å². The van der Waals surface area contributed by atoms with Crippen molar-refractivity contribution in [1.82, 2.24) is 4.98 Å². The smallest absolute Gasteiger partial charge is 0.120 e. The van der Waals surface area contributed by atoms with Crippen LogP contribution in [-0.2, 0) is 0 Å². The first kappa shape index (κ1) is 13.9. The number of aromatic amines is 1. The van der Waals surface area contributed by atoms with Gasteiger partial charge in [-0.25, -0.2) is 0 Å². The molecule has 0 unspecified atom stereocenters. The summed E-state index contributed by atoms with van der Waals surface area (Å²) < 4.78 is 7.82. The van der Waals surface area contributed by atoms with E-state index in [2.05, 4.69) is 43.1 Å². The summed E-state index contributed by atoms with van der Waals surface area (Å²) in [7, 11) is 1.70. The molecule has 112 valence electrons. The topological polar surface area (TPSA) is 25.0 Å². The molecule has 0 aliphatic rings. The average molecular weight is 330 g/mol. The number of hydrogen-bond donors (Lipinski definition) is 1. The Morgan fingerprint density at radius 1 is 1.09 bits per heavy atom. The van der Waals surface area contributed by atoms with Crippen LogP contribution in [0.25, 0.3) is 31.2 Å². The van der Waals surface area contributed by atoms with E-state index in [1.165, 1.54) is 31.3 Å². The Labute approximate surface area is 137 Å². The molecule has 1 N–H and O–H groups in total. The number of halogens is 1. The fourth-order valence-corrected chi connectivity index (χ4v) is 4.39. The molecule has 2 heterocycles. The number of aromatic nitrogens is 1. The van der Waals surface area contributed by atoms with Gasteiger partial charge in [-0.05, 0) is 41.8 Å². The van der Waals surface area contributed by atoms with Gasteiger partial charge in [0.2, 0.25) is 0 Å². The van der Waals surface area contributed by atoms with Gasteiger partial charge in [-0.3, -0.25) is 0 Å². The Bertz CT molecular complexity index is 1010. The third-order valence-corrected chi connectivity index (χ3v) is 5.65. The molecule has 0 saturated heterocycles. The van der Waals surface area contributed by atoms with Gasteiger partial charge in [-0.1, -0.05) is 25.4 Å². The zero-order valence-electron chi connectivity index (χ0n) is 12.7. The minimum Gasteiger partial charge on any atom is -0.497 e. The van der Waals surface area contributed by atoms with Gasteiger partial charge in [0.05, 0.1) is 27.9 Å². The largest absolute Gasteiger partial charge is 0.497 e. The van der Waals surface area contributed by atoms with Crippen molar-refractivity contribution in [2.45, 2.75) is 19.8 Å². The Hall–Kier alpha value is -1.71. The number of benzene rings is 2. The second kappa shape index (κ2) is 4.90. The van der Waals surface area contributed by atoms with Crippen molar-refractivity contribution in [3.63, 3.8) is 0 Å². The maximum absolute atomic E-state index is 6.49. The van der Waals surface area contributed by atoms with Crippen molar-refractivity contribution in [3.8, 4) is 5.75 Å². The summed E-state index contributed by atoms with van der Waals surface area (Å²) in [5, 5.41) is 3.23. The lowest BCUT2D eigenvalue weighted by molar-refractivity contribution is 0.415. The molecular weight excluding hydrogens is 314 g/mol. The van der Waals surface area contributed by atoms with E-state index in [1.54, 1.807) is 18.4 Å². The fraction of sp³-hybridized carbons (Fsp3) is 0.222. The van der Waals surface area contributed by atoms with Crippen molar-refractivity contribution in [2.24, 2.45) is 0 Å². The predicted octanol–water partition coefficient (Wildman–Crippen LogP) is 6.32. The third kappa shape index (κ3) is 1.93. The molecule has 0 amide bonds. The standard InChI is InChI=1S/C18H16ClNOS/c1-9(2)10-6-13-16(14(19)7-10)20-17-12-5-4-11(21-3)8-15(12)22-18(13)17/h4-9,20H,1-3H3. The number of ether oxygens (including phenoxy) is 1. The van der Waals surface area contributed by atoms with E-state index in [9.17, 15) is 0 Å². The second-order valence-corrected chi connectivity index (χ2v) is 7.33. The van der Waals surface area contributed by atoms with E-state index in [-0.39, 0.29) is 0 Å². The molecule has 4 aromatic rings. The molecule has 0 fully saturated rings. The number of H-pyrrole nitrogens is 1. The first-order valence-corrected chi connectivity index (χ1v) is 8.49. The minimum atomic E-state index is 0.460. The lowest BCUT2D eigenvalue weighted by atomic mass is 10.0. The van der Waals surface area contributed by atoms with Crippen molar-refractivity contribution in [3.05, 3.63) is 40.9 Å². The molecule has 0 spiro atoms. The molecule has 4 heteroatoms. The summed E-state index contributed by atoms with van der Waals surface area (Å²) in [6.07, 6.45) is 0. The molecule has 0 atom stereocenters. The molecule has 0 aliphatic carbocycles. The SMILES string of the molecule is COc1ccc2c(c1)sc1c3cc(C(C)C)cc(Cl)c3[nH]c21. The number of fused-ring (bicyclic) bond motifs is 5. The zero-order chi connectivity index (χ0) is 15.4. The van der Waals surface area contributed by atoms with E-state index in [0.29, 0.717) is 5.92 Å². The van der Waals surface area contributed by atoms with Crippen LogP contribution in [0.15, 0.2) is 30.3 Å². The monoisotopic (exact) mass is 329 g/mol. The third-order valence-electron chi connectivity index (χ3n) is 4.17. The summed E-state index contributed by atoms with van der Waals surface area (Å²) in [5.41, 5.74) is 3.47. The van der Waals surface area contributed by atoms with E-state index in [0.717, 1.165) is 16.3 Å². The lowest BCUT2D eigenvalue weighted by Crippen LogP contribution is -1.87. The average Bonchev–Trinajstić information content (AvgIpc) is 3.03. The van der Waals surface area contributed by atoms with E-state index in [4.69, 9.17) is 16.3 Å². The quantitative estimate of drug-likeness (QED) is 0.457. The first-order valence-electron chi connectivity index (χ1n) is 7.30. The molecule has 0 saturated carbocycles. The summed E-state index contributed by atoms with van der Waals surface area (Å²) in [6.45, 7) is 4.38. The van der Waals surface area contributed by atoms with Gasteiger partial charge in [0.25, 0.3) is 0 Å². The molecule has 22 heavy (non-hydrogen) atoms. The van der Waals surface area contributed by atoms with Crippen molar-refractivity contribution in [2.75, 3.05) is 7.11 Å². The summed E-state index contributed by atoms with van der Waals surface area (Å²) in [5.74, 6) is 1.35. The van der Waals surface area contributed by atoms with Gasteiger partial charge in [0.1, 0.15) is 5.75 Å². The maximum Gasteiger partial charge on any atom is 0.120 e. The van der Waals surface area contributed by atoms with Crippen molar-refractivity contribution < 1.29 is 4.74 Å². The highest BCUT2D eigenvalue weighted by molar-refractivity contribution is 7.26. The fourth-order valence-electron chi connectivity index (χ4n) is 2.91. The molecule has 0 aliphatic heterocycles. The van der Waals surface area contributed by atoms with Crippen LogP contribution in [0.3, 0.4) is 0 Å². The van der Waals surface area contributed by atoms with Gasteiger partial charge in [-0.2, -0.15) is 0 Å². The van der Waals surface area contributed by atoms with E-state index >= 15 is 0 Å². The Morgan fingerprint density at radius 3 is 2.64 bits per heavy atom. The van der Waals surface area contributed by atoms with Gasteiger partial charge < -0.3 is 9.72 Å². The minimum absolute atomic E-state index is 0.460. The van der Waals surface area contributed by atoms with E-state index in [1.807, 2.05) is 6.07 Å². The van der Waals surface area contributed by atoms with Crippen molar-refractivity contribution >= 4 is 54.1 Å². The summed E-state index contributed by atoms with van der Waals surface area (Å²) >= 11 is 8.27. The second-order valence-electron chi connectivity index (χ2n) is 5.87. The summed E-state index contributed by atoms with van der Waals surface area (Å²) in [6, 6.07) is 10.5. The number of thiophene rings is 1. The van der Waals surface area contributed by atoms with Crippen LogP contribution < -0.4 is 4.74 Å². The van der Waals surface area contributed by atoms with Crippen LogP contribution in [0.1, 0.15) is 25.3 Å². The van der Waals surface area contributed by atoms with Crippen LogP contribution in [0, 0.1) is 0 Å². The highest BCUT2D eigenvalue weighted by Gasteiger charge is 2.15. The molecular formula is C18H16ClNOS. The van der Waals surface area contributed by atoms with Crippen LogP contribution in [0.2, 0.25) is 5.02 Å². The van der Waals surface area contributed by atoms with Crippen LogP contribution in [-0.4, -0.2) is 12.1 Å². The van der Waals surface area contributed by atoms with Crippen LogP contribution in [0.4, 0.5) is 0 Å². The molecule has 0 radical (unpaired) electrons. The first-order chi connectivity index (χ1) is 10.6. The molecule has 0 bridgehead atoms. The lowest BCUT2D eigenvalue weighted by Gasteiger charge is -2.06. The number of methoxy groups -OCH3 is 1. The van der Waals surface area contributed by atoms with Gasteiger partial charge in [-0.15, -0.1) is 11.3 Å². The highest BCUT2D eigenvalue weighted by atomic mass is 35.5. The van der Waals surface area contributed by atoms with Gasteiger partial charge >= 0.3 is 0 Å². The normalized spacial score (nSPS) is 12.0. The molecule has 2 aromatic carbocycles. The number of hydrogen-bond acceptors (Lipinski definition) is 2. The van der Waals surface area contributed by atoms with Crippen molar-refractivity contribution in [1.29, 1.82) is 0 Å². The molecule has 2 aromatic heterocycles. The van der Waals surface area contributed by atoms with E-state index < -0.39 is 0 Å². The van der Waals surface area contributed by atoms with Gasteiger partial charge in [0.15, 0.2) is 0 Å². The Morgan fingerprint density at radius 2 is 1.91 bits per heavy atom. The number of rotatable bonds is 2. The summed E-state index contributed by atoms with van der Waals surface area (Å²) in [4.78, 5) is 3.51. The number of nitrogens with one attached hydrogen (secondary N) is 1. The predicted molar refractivity (Wildman–Crippen MR) is 96.8 cm³/mol. The zero-order valence-corrected chi connectivity index (χ0v) is 14.2. The van der Waals surface area contributed by atoms with Crippen LogP contribution >= 0.6 is 22.9 Å². The highest BCUT2D eigenvalue weighted by Crippen LogP contribution is 2.42. The molecule has 2 nitrogen and oxygen atoms in total.